The maximum absolute atomic E-state index is 12.7. The zero-order valence-electron chi connectivity index (χ0n) is 17.6. The number of benzene rings is 3. The molecule has 1 atom stereocenters. The van der Waals surface area contributed by atoms with E-state index in [0.29, 0.717) is 18.0 Å². The average molecular weight is 432 g/mol. The van der Waals surface area contributed by atoms with Crippen LogP contribution in [-0.2, 0) is 22.6 Å². The van der Waals surface area contributed by atoms with Crippen molar-refractivity contribution in [2.75, 3.05) is 5.32 Å². The second-order valence-corrected chi connectivity index (χ2v) is 7.21. The van der Waals surface area contributed by atoms with E-state index in [2.05, 4.69) is 10.6 Å². The lowest BCUT2D eigenvalue weighted by Gasteiger charge is -2.16. The van der Waals surface area contributed by atoms with Gasteiger partial charge in [0.1, 0.15) is 18.4 Å². The number of aliphatic carboxylic acids is 1. The summed E-state index contributed by atoms with van der Waals surface area (Å²) in [7, 11) is 0. The van der Waals surface area contributed by atoms with Gasteiger partial charge in [0.05, 0.1) is 11.3 Å². The molecule has 0 fully saturated rings. The van der Waals surface area contributed by atoms with Gasteiger partial charge in [-0.25, -0.2) is 4.79 Å². The number of carbonyl (C=O) groups excluding carboxylic acids is 2. The third-order valence-corrected chi connectivity index (χ3v) is 4.70. The lowest BCUT2D eigenvalue weighted by atomic mass is 10.0. The van der Waals surface area contributed by atoms with Gasteiger partial charge in [0.25, 0.3) is 5.91 Å². The molecule has 0 bridgehead atoms. The maximum atomic E-state index is 12.7. The minimum atomic E-state index is -1.15. The van der Waals surface area contributed by atoms with Crippen molar-refractivity contribution in [3.8, 4) is 5.75 Å². The van der Waals surface area contributed by atoms with Crippen LogP contribution in [0, 0.1) is 0 Å². The molecular weight excluding hydrogens is 408 g/mol. The van der Waals surface area contributed by atoms with Crippen molar-refractivity contribution in [1.29, 1.82) is 0 Å². The number of hydrogen-bond acceptors (Lipinski definition) is 4. The molecule has 0 saturated carbocycles. The first-order valence-electron chi connectivity index (χ1n) is 10.1. The largest absolute Gasteiger partial charge is 0.489 e. The summed E-state index contributed by atoms with van der Waals surface area (Å²) in [5.74, 6) is -1.39. The van der Waals surface area contributed by atoms with E-state index in [0.717, 1.165) is 11.1 Å². The Morgan fingerprint density at radius 2 is 1.53 bits per heavy atom. The summed E-state index contributed by atoms with van der Waals surface area (Å²) in [4.78, 5) is 35.8. The van der Waals surface area contributed by atoms with E-state index >= 15 is 0 Å². The zero-order chi connectivity index (χ0) is 22.9. The van der Waals surface area contributed by atoms with Gasteiger partial charge in [-0.1, -0.05) is 54.6 Å². The number of carbonyl (C=O) groups is 3. The summed E-state index contributed by atoms with van der Waals surface area (Å²) in [5.41, 5.74) is 2.30. The maximum Gasteiger partial charge on any atom is 0.326 e. The van der Waals surface area contributed by atoms with Crippen molar-refractivity contribution in [3.63, 3.8) is 0 Å². The van der Waals surface area contributed by atoms with E-state index in [-0.39, 0.29) is 17.9 Å². The van der Waals surface area contributed by atoms with Crippen molar-refractivity contribution in [2.45, 2.75) is 26.0 Å². The molecular formula is C25H24N2O5. The van der Waals surface area contributed by atoms with Crippen LogP contribution in [0.2, 0.25) is 0 Å². The predicted octanol–water partition coefficient (Wildman–Crippen LogP) is 3.65. The van der Waals surface area contributed by atoms with Crippen molar-refractivity contribution in [1.82, 2.24) is 5.32 Å². The van der Waals surface area contributed by atoms with Crippen LogP contribution in [0.5, 0.6) is 5.75 Å². The Morgan fingerprint density at radius 3 is 2.19 bits per heavy atom. The molecule has 0 aromatic heterocycles. The summed E-state index contributed by atoms with van der Waals surface area (Å²) in [6.45, 7) is 1.77. The number of anilines is 1. The number of para-hydroxylation sites is 1. The standard InChI is InChI=1S/C25H24N2O5/c1-17(28)26-22-10-6-5-9-21(22)24(29)27-23(25(30)31)15-18-11-13-20(14-12-18)32-16-19-7-3-2-4-8-19/h2-14,23H,15-16H2,1H3,(H,26,28)(H,27,29)(H,30,31)/t23-/m0/s1. The molecule has 0 radical (unpaired) electrons. The van der Waals surface area contributed by atoms with E-state index in [1.807, 2.05) is 30.3 Å². The Hall–Kier alpha value is -4.13. The van der Waals surface area contributed by atoms with Gasteiger partial charge in [-0.3, -0.25) is 9.59 Å². The van der Waals surface area contributed by atoms with E-state index in [1.165, 1.54) is 13.0 Å². The predicted molar refractivity (Wildman–Crippen MR) is 121 cm³/mol. The van der Waals surface area contributed by atoms with Crippen LogP contribution < -0.4 is 15.4 Å². The lowest BCUT2D eigenvalue weighted by molar-refractivity contribution is -0.139. The number of carboxylic acids is 1. The summed E-state index contributed by atoms with van der Waals surface area (Å²) in [6, 6.07) is 22.1. The van der Waals surface area contributed by atoms with Gasteiger partial charge in [0.15, 0.2) is 0 Å². The van der Waals surface area contributed by atoms with Gasteiger partial charge in [0, 0.05) is 13.3 Å². The normalized spacial score (nSPS) is 11.3. The molecule has 164 valence electrons. The first kappa shape index (κ1) is 22.6. The quantitative estimate of drug-likeness (QED) is 0.479. The number of hydrogen-bond donors (Lipinski definition) is 3. The highest BCUT2D eigenvalue weighted by Gasteiger charge is 2.22. The highest BCUT2D eigenvalue weighted by Crippen LogP contribution is 2.17. The third kappa shape index (κ3) is 6.43. The Balaban J connectivity index is 1.63. The monoisotopic (exact) mass is 432 g/mol. The van der Waals surface area contributed by atoms with Gasteiger partial charge < -0.3 is 20.5 Å². The van der Waals surface area contributed by atoms with E-state index in [1.54, 1.807) is 42.5 Å². The first-order chi connectivity index (χ1) is 15.4. The molecule has 32 heavy (non-hydrogen) atoms. The summed E-state index contributed by atoms with van der Waals surface area (Å²) in [6.07, 6.45) is 0.0995. The van der Waals surface area contributed by atoms with Crippen LogP contribution in [0.25, 0.3) is 0 Å². The molecule has 0 aliphatic heterocycles. The van der Waals surface area contributed by atoms with Crippen LogP contribution in [0.15, 0.2) is 78.9 Å². The molecule has 3 rings (SSSR count). The summed E-state index contributed by atoms with van der Waals surface area (Å²) in [5, 5.41) is 14.7. The zero-order valence-corrected chi connectivity index (χ0v) is 17.6. The second-order valence-electron chi connectivity index (χ2n) is 7.21. The van der Waals surface area contributed by atoms with E-state index in [4.69, 9.17) is 4.74 Å². The van der Waals surface area contributed by atoms with E-state index < -0.39 is 17.9 Å². The molecule has 0 saturated heterocycles. The van der Waals surface area contributed by atoms with Crippen molar-refractivity contribution in [3.05, 3.63) is 95.6 Å². The van der Waals surface area contributed by atoms with Crippen LogP contribution in [0.4, 0.5) is 5.69 Å². The van der Waals surface area contributed by atoms with Gasteiger partial charge in [-0.15, -0.1) is 0 Å². The Kier molecular flexibility index (Phi) is 7.59. The van der Waals surface area contributed by atoms with Crippen LogP contribution in [0.1, 0.15) is 28.4 Å². The molecule has 7 heteroatoms. The second kappa shape index (κ2) is 10.8. The Bertz CT molecular complexity index is 1080. The number of amides is 2. The molecule has 0 unspecified atom stereocenters. The smallest absolute Gasteiger partial charge is 0.326 e. The molecule has 3 N–H and O–H groups in total. The fraction of sp³-hybridized carbons (Fsp3) is 0.160. The fourth-order valence-corrected chi connectivity index (χ4v) is 3.11. The van der Waals surface area contributed by atoms with Crippen LogP contribution >= 0.6 is 0 Å². The first-order valence-corrected chi connectivity index (χ1v) is 10.1. The van der Waals surface area contributed by atoms with Gasteiger partial charge in [-0.05, 0) is 35.4 Å². The fourth-order valence-electron chi connectivity index (χ4n) is 3.11. The number of nitrogens with one attached hydrogen (secondary N) is 2. The minimum absolute atomic E-state index is 0.0995. The van der Waals surface area contributed by atoms with Crippen molar-refractivity contribution in [2.24, 2.45) is 0 Å². The molecule has 0 aliphatic carbocycles. The number of ether oxygens (including phenoxy) is 1. The van der Waals surface area contributed by atoms with Crippen LogP contribution in [-0.4, -0.2) is 28.9 Å². The highest BCUT2D eigenvalue weighted by atomic mass is 16.5. The van der Waals surface area contributed by atoms with Crippen molar-refractivity contribution >= 4 is 23.5 Å². The summed E-state index contributed by atoms with van der Waals surface area (Å²) < 4.78 is 5.75. The summed E-state index contributed by atoms with van der Waals surface area (Å²) >= 11 is 0. The third-order valence-electron chi connectivity index (χ3n) is 4.70. The average Bonchev–Trinajstić information content (AvgIpc) is 2.78. The molecule has 2 amide bonds. The van der Waals surface area contributed by atoms with Gasteiger partial charge >= 0.3 is 5.97 Å². The SMILES string of the molecule is CC(=O)Nc1ccccc1C(=O)N[C@@H](Cc1ccc(OCc2ccccc2)cc1)C(=O)O. The van der Waals surface area contributed by atoms with Crippen LogP contribution in [0.3, 0.4) is 0 Å². The molecule has 3 aromatic carbocycles. The molecule has 7 nitrogen and oxygen atoms in total. The molecule has 3 aromatic rings. The number of rotatable bonds is 9. The topological polar surface area (TPSA) is 105 Å². The number of carboxylic acid groups (broad SMARTS) is 1. The lowest BCUT2D eigenvalue weighted by Crippen LogP contribution is -2.42. The molecule has 0 heterocycles. The van der Waals surface area contributed by atoms with Gasteiger partial charge in [0.2, 0.25) is 5.91 Å². The van der Waals surface area contributed by atoms with E-state index in [9.17, 15) is 19.5 Å². The Labute approximate surface area is 186 Å². The van der Waals surface area contributed by atoms with Gasteiger partial charge in [-0.2, -0.15) is 0 Å². The molecule has 0 aliphatic rings. The Morgan fingerprint density at radius 1 is 0.875 bits per heavy atom. The molecule has 0 spiro atoms. The minimum Gasteiger partial charge on any atom is -0.489 e. The highest BCUT2D eigenvalue weighted by molar-refractivity contribution is 6.04. The van der Waals surface area contributed by atoms with Crippen molar-refractivity contribution < 1.29 is 24.2 Å².